The molecule has 1 aromatic heterocycles. The van der Waals surface area contributed by atoms with Gasteiger partial charge in [0.15, 0.2) is 5.96 Å². The fourth-order valence-corrected chi connectivity index (χ4v) is 4.60. The van der Waals surface area contributed by atoms with Crippen LogP contribution in [0.15, 0.2) is 22.5 Å². The van der Waals surface area contributed by atoms with Crippen LogP contribution in [0, 0.1) is 0 Å². The van der Waals surface area contributed by atoms with E-state index in [9.17, 15) is 0 Å². The molecule has 3 heterocycles. The Bertz CT molecular complexity index is 567. The van der Waals surface area contributed by atoms with Crippen molar-refractivity contribution in [3.05, 3.63) is 22.4 Å². The van der Waals surface area contributed by atoms with Crippen LogP contribution in [-0.4, -0.2) is 93.3 Å². The van der Waals surface area contributed by atoms with Gasteiger partial charge in [-0.25, -0.2) is 0 Å². The molecule has 0 spiro atoms. The molecule has 3 rings (SSSR count). The second kappa shape index (κ2) is 10.9. The van der Waals surface area contributed by atoms with Gasteiger partial charge in [-0.05, 0) is 38.4 Å². The van der Waals surface area contributed by atoms with E-state index in [1.54, 1.807) is 0 Å². The van der Waals surface area contributed by atoms with E-state index < -0.39 is 0 Å². The third kappa shape index (κ3) is 6.03. The minimum atomic E-state index is 0. The Morgan fingerprint density at radius 1 is 1.26 bits per heavy atom. The molecule has 2 saturated heterocycles. The Labute approximate surface area is 185 Å². The molecule has 6 nitrogen and oxygen atoms in total. The van der Waals surface area contributed by atoms with E-state index in [0.717, 1.165) is 71.3 Å². The molecule has 154 valence electrons. The summed E-state index contributed by atoms with van der Waals surface area (Å²) in [6.07, 6.45) is 2.14. The number of piperazine rings is 1. The van der Waals surface area contributed by atoms with Crippen molar-refractivity contribution < 1.29 is 4.74 Å². The van der Waals surface area contributed by atoms with Gasteiger partial charge >= 0.3 is 0 Å². The maximum absolute atomic E-state index is 5.58. The van der Waals surface area contributed by atoms with Crippen LogP contribution in [0.3, 0.4) is 0 Å². The molecule has 0 radical (unpaired) electrons. The molecule has 2 aliphatic rings. The first-order valence-electron chi connectivity index (χ1n) is 9.58. The molecule has 1 aromatic rings. The van der Waals surface area contributed by atoms with Crippen LogP contribution in [0.5, 0.6) is 0 Å². The van der Waals surface area contributed by atoms with Crippen molar-refractivity contribution in [1.29, 1.82) is 0 Å². The standard InChI is InChI=1S/C19H33N5OS.HI/c1-20-18(21-16-19(22(2)3)6-12-25-13-7-19)24-10-8-23(9-11-24)15-17-5-4-14-26-17;/h4-5,14H,6-13,15-16H2,1-3H3,(H,20,21);1H. The van der Waals surface area contributed by atoms with Crippen molar-refractivity contribution in [2.75, 3.05) is 67.1 Å². The summed E-state index contributed by atoms with van der Waals surface area (Å²) in [4.78, 5) is 13.3. The average Bonchev–Trinajstić information content (AvgIpc) is 3.17. The second-order valence-electron chi connectivity index (χ2n) is 7.47. The van der Waals surface area contributed by atoms with Crippen molar-refractivity contribution in [3.63, 3.8) is 0 Å². The van der Waals surface area contributed by atoms with Crippen LogP contribution < -0.4 is 5.32 Å². The summed E-state index contributed by atoms with van der Waals surface area (Å²) >= 11 is 1.85. The van der Waals surface area contributed by atoms with Crippen LogP contribution in [0.2, 0.25) is 0 Å². The van der Waals surface area contributed by atoms with Crippen molar-refractivity contribution >= 4 is 41.3 Å². The summed E-state index contributed by atoms with van der Waals surface area (Å²) in [5.74, 6) is 1.04. The van der Waals surface area contributed by atoms with Crippen molar-refractivity contribution in [2.45, 2.75) is 24.9 Å². The van der Waals surface area contributed by atoms with E-state index in [1.165, 1.54) is 4.88 Å². The summed E-state index contributed by atoms with van der Waals surface area (Å²) in [6, 6.07) is 4.37. The number of ether oxygens (including phenoxy) is 1. The van der Waals surface area contributed by atoms with E-state index in [2.05, 4.69) is 56.6 Å². The SMILES string of the molecule is CN=C(NCC1(N(C)C)CCOCC1)N1CCN(Cc2cccs2)CC1.I. The van der Waals surface area contributed by atoms with Crippen LogP contribution in [0.25, 0.3) is 0 Å². The highest BCUT2D eigenvalue weighted by molar-refractivity contribution is 14.0. The van der Waals surface area contributed by atoms with Gasteiger partial charge in [0.2, 0.25) is 0 Å². The van der Waals surface area contributed by atoms with Gasteiger partial charge in [-0.2, -0.15) is 0 Å². The minimum absolute atomic E-state index is 0. The van der Waals surface area contributed by atoms with E-state index in [4.69, 9.17) is 4.74 Å². The van der Waals surface area contributed by atoms with Gasteiger partial charge in [0.25, 0.3) is 0 Å². The number of likely N-dealkylation sites (N-methyl/N-ethyl adjacent to an activating group) is 1. The zero-order valence-corrected chi connectivity index (χ0v) is 20.0. The highest BCUT2D eigenvalue weighted by Crippen LogP contribution is 2.25. The molecule has 0 atom stereocenters. The molecular formula is C19H34IN5OS. The third-order valence-electron chi connectivity index (χ3n) is 5.79. The van der Waals surface area contributed by atoms with Gasteiger partial charge in [-0.1, -0.05) is 6.07 Å². The maximum atomic E-state index is 5.58. The third-order valence-corrected chi connectivity index (χ3v) is 6.65. The number of rotatable bonds is 5. The highest BCUT2D eigenvalue weighted by Gasteiger charge is 2.35. The Morgan fingerprint density at radius 2 is 1.96 bits per heavy atom. The Hall–Kier alpha value is -0.420. The topological polar surface area (TPSA) is 43.3 Å². The zero-order valence-electron chi connectivity index (χ0n) is 16.8. The maximum Gasteiger partial charge on any atom is 0.193 e. The molecule has 2 aliphatic heterocycles. The molecule has 1 N–H and O–H groups in total. The normalized spacial score (nSPS) is 21.2. The summed E-state index contributed by atoms with van der Waals surface area (Å²) in [7, 11) is 6.25. The molecule has 0 amide bonds. The molecule has 0 bridgehead atoms. The van der Waals surface area contributed by atoms with Gasteiger partial charge in [0, 0.05) is 69.9 Å². The number of thiophene rings is 1. The molecule has 2 fully saturated rings. The summed E-state index contributed by atoms with van der Waals surface area (Å²) < 4.78 is 5.58. The predicted octanol–water partition coefficient (Wildman–Crippen LogP) is 2.17. The fourth-order valence-electron chi connectivity index (χ4n) is 3.85. The summed E-state index contributed by atoms with van der Waals surface area (Å²) in [5.41, 5.74) is 0.162. The fraction of sp³-hybridized carbons (Fsp3) is 0.737. The molecule has 0 unspecified atom stereocenters. The number of aliphatic imine (C=N–C) groups is 1. The van der Waals surface area contributed by atoms with Gasteiger partial charge in [-0.15, -0.1) is 35.3 Å². The monoisotopic (exact) mass is 507 g/mol. The number of nitrogens with one attached hydrogen (secondary N) is 1. The van der Waals surface area contributed by atoms with Gasteiger partial charge < -0.3 is 19.9 Å². The van der Waals surface area contributed by atoms with Crippen molar-refractivity contribution in [1.82, 2.24) is 20.0 Å². The molecule has 0 aliphatic carbocycles. The zero-order chi connectivity index (χ0) is 18.4. The molecule has 27 heavy (non-hydrogen) atoms. The van der Waals surface area contributed by atoms with Gasteiger partial charge in [0.1, 0.15) is 0 Å². The molecule has 0 saturated carbocycles. The van der Waals surface area contributed by atoms with E-state index in [1.807, 2.05) is 18.4 Å². The minimum Gasteiger partial charge on any atom is -0.381 e. The lowest BCUT2D eigenvalue weighted by Gasteiger charge is -2.44. The number of halogens is 1. The molecule has 8 heteroatoms. The summed E-state index contributed by atoms with van der Waals surface area (Å²) in [6.45, 7) is 7.93. The van der Waals surface area contributed by atoms with Crippen molar-refractivity contribution in [3.8, 4) is 0 Å². The van der Waals surface area contributed by atoms with E-state index in [-0.39, 0.29) is 29.5 Å². The highest BCUT2D eigenvalue weighted by atomic mass is 127. The van der Waals surface area contributed by atoms with Crippen LogP contribution in [-0.2, 0) is 11.3 Å². The smallest absolute Gasteiger partial charge is 0.193 e. The number of nitrogens with zero attached hydrogens (tertiary/aromatic N) is 4. The second-order valence-corrected chi connectivity index (χ2v) is 8.51. The predicted molar refractivity (Wildman–Crippen MR) is 124 cm³/mol. The van der Waals surface area contributed by atoms with E-state index >= 15 is 0 Å². The lowest BCUT2D eigenvalue weighted by atomic mass is 9.88. The van der Waals surface area contributed by atoms with Crippen LogP contribution in [0.4, 0.5) is 0 Å². The van der Waals surface area contributed by atoms with Gasteiger partial charge in [0.05, 0.1) is 0 Å². The lowest BCUT2D eigenvalue weighted by Crippen LogP contribution is -2.59. The number of hydrogen-bond acceptors (Lipinski definition) is 5. The van der Waals surface area contributed by atoms with Crippen molar-refractivity contribution in [2.24, 2.45) is 4.99 Å². The average molecular weight is 507 g/mol. The van der Waals surface area contributed by atoms with Gasteiger partial charge in [-0.3, -0.25) is 9.89 Å². The summed E-state index contributed by atoms with van der Waals surface area (Å²) in [5, 5.41) is 5.81. The number of hydrogen-bond donors (Lipinski definition) is 1. The molecule has 0 aromatic carbocycles. The first-order chi connectivity index (χ1) is 12.6. The van der Waals surface area contributed by atoms with Crippen LogP contribution >= 0.6 is 35.3 Å². The first-order valence-corrected chi connectivity index (χ1v) is 10.5. The largest absolute Gasteiger partial charge is 0.381 e. The molecular weight excluding hydrogens is 473 g/mol. The Balaban J connectivity index is 0.00000261. The Morgan fingerprint density at radius 3 is 2.52 bits per heavy atom. The first kappa shape index (κ1) is 22.9. The Kier molecular flexibility index (Phi) is 9.27. The quantitative estimate of drug-likeness (QED) is 0.376. The number of guanidine groups is 1. The van der Waals surface area contributed by atoms with E-state index in [0.29, 0.717) is 0 Å². The van der Waals surface area contributed by atoms with Crippen LogP contribution in [0.1, 0.15) is 17.7 Å². The lowest BCUT2D eigenvalue weighted by molar-refractivity contribution is -0.00535.